The summed E-state index contributed by atoms with van der Waals surface area (Å²) in [5, 5.41) is 20.4. The molecule has 4 aromatic rings. The maximum absolute atomic E-state index is 9.03. The summed E-state index contributed by atoms with van der Waals surface area (Å²) in [6.45, 7) is 2.53. The van der Waals surface area contributed by atoms with E-state index in [1.54, 1.807) is 12.3 Å². The van der Waals surface area contributed by atoms with E-state index in [1.165, 1.54) is 0 Å². The fourth-order valence-electron chi connectivity index (χ4n) is 3.03. The molecule has 4 rings (SSSR count). The molecule has 3 heterocycles. The molecule has 28 heavy (non-hydrogen) atoms. The highest BCUT2D eigenvalue weighted by molar-refractivity contribution is 5.85. The van der Waals surface area contributed by atoms with E-state index < -0.39 is 0 Å². The van der Waals surface area contributed by atoms with E-state index in [4.69, 9.17) is 11.0 Å². The number of nitrogens with one attached hydrogen (secondary N) is 2. The van der Waals surface area contributed by atoms with Gasteiger partial charge in [0.05, 0.1) is 23.9 Å². The molecular weight excluding hydrogens is 374 g/mol. The van der Waals surface area contributed by atoms with Crippen LogP contribution in [-0.4, -0.2) is 20.2 Å². The first-order chi connectivity index (χ1) is 13.1. The van der Waals surface area contributed by atoms with Gasteiger partial charge in [-0.1, -0.05) is 6.07 Å². The number of hydrogen-bond donors (Lipinski definition) is 3. The van der Waals surface area contributed by atoms with Gasteiger partial charge < -0.3 is 11.1 Å². The normalized spacial score (nSPS) is 10.3. The largest absolute Gasteiger partial charge is 0.384 e. The fourth-order valence-corrected chi connectivity index (χ4v) is 3.03. The van der Waals surface area contributed by atoms with Crippen molar-refractivity contribution < 1.29 is 0 Å². The Morgan fingerprint density at radius 2 is 2.04 bits per heavy atom. The minimum absolute atomic E-state index is 0. The number of hydrogen-bond acceptors (Lipinski definition) is 6. The summed E-state index contributed by atoms with van der Waals surface area (Å²) in [5.41, 5.74) is 11.0. The highest BCUT2D eigenvalue weighted by Crippen LogP contribution is 2.26. The molecule has 0 fully saturated rings. The third-order valence-electron chi connectivity index (χ3n) is 4.39. The zero-order valence-corrected chi connectivity index (χ0v) is 15.9. The number of nitrogens with two attached hydrogens (primary N) is 1. The molecule has 1 aromatic carbocycles. The summed E-state index contributed by atoms with van der Waals surface area (Å²) in [6, 6.07) is 15.4. The third kappa shape index (κ3) is 3.72. The number of H-pyrrole nitrogens is 1. The number of aromatic amines is 1. The summed E-state index contributed by atoms with van der Waals surface area (Å²) in [4.78, 5) is 8.59. The lowest BCUT2D eigenvalue weighted by atomic mass is 9.99. The van der Waals surface area contributed by atoms with Crippen molar-refractivity contribution in [2.24, 2.45) is 0 Å². The van der Waals surface area contributed by atoms with E-state index in [0.717, 1.165) is 33.6 Å². The highest BCUT2D eigenvalue weighted by Gasteiger charge is 2.08. The molecule has 4 N–H and O–H groups in total. The van der Waals surface area contributed by atoms with E-state index in [0.29, 0.717) is 23.6 Å². The number of aryl methyl sites for hydroxylation is 1. The molecule has 7 nitrogen and oxygen atoms in total. The Bertz CT molecular complexity index is 1180. The van der Waals surface area contributed by atoms with Gasteiger partial charge in [-0.2, -0.15) is 10.4 Å². The van der Waals surface area contributed by atoms with Crippen LogP contribution in [0.1, 0.15) is 16.8 Å². The molecule has 0 spiro atoms. The number of benzene rings is 1. The Hall–Kier alpha value is -3.63. The predicted molar refractivity (Wildman–Crippen MR) is 112 cm³/mol. The first-order valence-corrected chi connectivity index (χ1v) is 8.44. The number of rotatable bonds is 4. The number of pyridine rings is 2. The van der Waals surface area contributed by atoms with Crippen molar-refractivity contribution in [3.63, 3.8) is 0 Å². The Balaban J connectivity index is 0.00000225. The lowest BCUT2D eigenvalue weighted by Gasteiger charge is -2.09. The third-order valence-corrected chi connectivity index (χ3v) is 4.39. The number of aromatic nitrogens is 4. The van der Waals surface area contributed by atoms with Crippen LogP contribution >= 0.6 is 12.4 Å². The molecule has 3 aromatic heterocycles. The van der Waals surface area contributed by atoms with Crippen LogP contribution in [0.25, 0.3) is 22.2 Å². The second-order valence-electron chi connectivity index (χ2n) is 6.23. The summed E-state index contributed by atoms with van der Waals surface area (Å²) in [7, 11) is 0. The molecule has 0 atom stereocenters. The van der Waals surface area contributed by atoms with Crippen molar-refractivity contribution in [1.82, 2.24) is 20.2 Å². The number of fused-ring (bicyclic) bond motifs is 1. The monoisotopic (exact) mass is 391 g/mol. The average Bonchev–Trinajstić information content (AvgIpc) is 3.08. The number of nitrogen functional groups attached to an aromatic ring is 1. The molecule has 0 aliphatic heterocycles. The lowest BCUT2D eigenvalue weighted by molar-refractivity contribution is 0.983. The van der Waals surface area contributed by atoms with Gasteiger partial charge in [-0.15, -0.1) is 12.4 Å². The van der Waals surface area contributed by atoms with Gasteiger partial charge in [0, 0.05) is 11.6 Å². The number of nitriles is 1. The molecule has 8 heteroatoms. The maximum Gasteiger partial charge on any atom is 0.183 e. The fraction of sp³-hybridized carbons (Fsp3) is 0.100. The zero-order valence-electron chi connectivity index (χ0n) is 15.1. The summed E-state index contributed by atoms with van der Waals surface area (Å²) < 4.78 is 0. The van der Waals surface area contributed by atoms with Crippen molar-refractivity contribution in [3.8, 4) is 17.2 Å². The highest BCUT2D eigenvalue weighted by atomic mass is 35.5. The number of halogens is 1. The van der Waals surface area contributed by atoms with Gasteiger partial charge in [-0.05, 0) is 60.0 Å². The summed E-state index contributed by atoms with van der Waals surface area (Å²) in [5.74, 6) is 1.20. The van der Waals surface area contributed by atoms with Crippen LogP contribution in [0.2, 0.25) is 0 Å². The van der Waals surface area contributed by atoms with E-state index in [1.807, 2.05) is 43.3 Å². The van der Waals surface area contributed by atoms with Crippen molar-refractivity contribution in [1.29, 1.82) is 5.26 Å². The van der Waals surface area contributed by atoms with Gasteiger partial charge in [-0.25, -0.2) is 9.97 Å². The second kappa shape index (κ2) is 7.94. The molecule has 0 radical (unpaired) electrons. The van der Waals surface area contributed by atoms with Crippen LogP contribution in [0.4, 0.5) is 11.6 Å². The Morgan fingerprint density at radius 1 is 1.18 bits per heavy atom. The number of anilines is 2. The minimum atomic E-state index is 0. The lowest BCUT2D eigenvalue weighted by Crippen LogP contribution is -2.02. The zero-order chi connectivity index (χ0) is 18.8. The Kier molecular flexibility index (Phi) is 5.43. The minimum Gasteiger partial charge on any atom is -0.384 e. The van der Waals surface area contributed by atoms with Gasteiger partial charge in [0.25, 0.3) is 0 Å². The van der Waals surface area contributed by atoms with Crippen molar-refractivity contribution in [3.05, 3.63) is 65.5 Å². The molecule has 0 bridgehead atoms. The molecular formula is C20H18ClN7. The van der Waals surface area contributed by atoms with E-state index >= 15 is 0 Å². The summed E-state index contributed by atoms with van der Waals surface area (Å²) in [6.07, 6.45) is 1.77. The van der Waals surface area contributed by atoms with Crippen molar-refractivity contribution >= 4 is 35.1 Å². The molecule has 0 unspecified atom stereocenters. The van der Waals surface area contributed by atoms with Crippen molar-refractivity contribution in [2.45, 2.75) is 13.5 Å². The average molecular weight is 392 g/mol. The topological polar surface area (TPSA) is 116 Å². The van der Waals surface area contributed by atoms with Gasteiger partial charge in [0.2, 0.25) is 0 Å². The van der Waals surface area contributed by atoms with E-state index in [9.17, 15) is 0 Å². The molecule has 0 saturated heterocycles. The van der Waals surface area contributed by atoms with Crippen LogP contribution in [0.15, 0.2) is 48.7 Å². The van der Waals surface area contributed by atoms with Gasteiger partial charge >= 0.3 is 0 Å². The first kappa shape index (κ1) is 19.1. The van der Waals surface area contributed by atoms with E-state index in [-0.39, 0.29) is 12.4 Å². The van der Waals surface area contributed by atoms with Gasteiger partial charge in [-0.3, -0.25) is 5.10 Å². The first-order valence-electron chi connectivity index (χ1n) is 8.44. The molecule has 0 amide bonds. The molecule has 140 valence electrons. The molecule has 0 aliphatic carbocycles. The van der Waals surface area contributed by atoms with Crippen molar-refractivity contribution in [2.75, 3.05) is 11.1 Å². The predicted octanol–water partition coefficient (Wildman–Crippen LogP) is 3.82. The van der Waals surface area contributed by atoms with E-state index in [2.05, 4.69) is 31.6 Å². The SMILES string of the molecule is Cc1cc(C#N)ccc1-c1ccnc(NCc2[nH]nc3nc(N)ccc23)c1.Cl. The van der Waals surface area contributed by atoms with Crippen LogP contribution in [-0.2, 0) is 6.54 Å². The standard InChI is InChI=1S/C20H17N7.ClH/c1-12-8-13(10-21)2-3-15(12)14-6-7-23-19(9-14)24-11-17-16-4-5-18(22)25-20(16)27-26-17;/h2-9H,11H2,1H3,(H,23,24)(H3,22,25,26,27);1H. The quantitative estimate of drug-likeness (QED) is 0.487. The van der Waals surface area contributed by atoms with Gasteiger partial charge in [0.1, 0.15) is 11.6 Å². The Labute approximate surface area is 168 Å². The molecule has 0 aliphatic rings. The smallest absolute Gasteiger partial charge is 0.183 e. The second-order valence-corrected chi connectivity index (χ2v) is 6.23. The van der Waals surface area contributed by atoms with Crippen LogP contribution in [0, 0.1) is 18.3 Å². The maximum atomic E-state index is 9.03. The number of nitrogens with zero attached hydrogens (tertiary/aromatic N) is 4. The van der Waals surface area contributed by atoms with Gasteiger partial charge in [0.15, 0.2) is 5.65 Å². The van der Waals surface area contributed by atoms with Crippen LogP contribution < -0.4 is 11.1 Å². The summed E-state index contributed by atoms with van der Waals surface area (Å²) >= 11 is 0. The van der Waals surface area contributed by atoms with Crippen LogP contribution in [0.5, 0.6) is 0 Å². The van der Waals surface area contributed by atoms with Crippen LogP contribution in [0.3, 0.4) is 0 Å². The molecule has 0 saturated carbocycles. The Morgan fingerprint density at radius 3 is 2.82 bits per heavy atom.